The number of carbonyl (C=O) groups excluding carboxylic acids is 4. The number of ether oxygens (including phenoxy) is 2. The summed E-state index contributed by atoms with van der Waals surface area (Å²) in [6, 6.07) is 10.2. The van der Waals surface area contributed by atoms with Crippen LogP contribution in [0.3, 0.4) is 0 Å². The summed E-state index contributed by atoms with van der Waals surface area (Å²) in [6.45, 7) is 0. The fourth-order valence-corrected chi connectivity index (χ4v) is 2.28. The van der Waals surface area contributed by atoms with Crippen LogP contribution in [0.4, 0.5) is 11.4 Å². The first-order valence-electron chi connectivity index (χ1n) is 7.55. The van der Waals surface area contributed by atoms with Crippen molar-refractivity contribution in [2.24, 2.45) is 0 Å². The minimum absolute atomic E-state index is 0.0379. The first-order valence-corrected chi connectivity index (χ1v) is 7.92. The Morgan fingerprint density at radius 2 is 1.41 bits per heavy atom. The van der Waals surface area contributed by atoms with E-state index in [0.717, 1.165) is 7.11 Å². The van der Waals surface area contributed by atoms with Crippen LogP contribution in [0.5, 0.6) is 0 Å². The van der Waals surface area contributed by atoms with Crippen LogP contribution < -0.4 is 10.6 Å². The number of amides is 2. The summed E-state index contributed by atoms with van der Waals surface area (Å²) in [5, 5.41) is 4.88. The lowest BCUT2D eigenvalue weighted by atomic mass is 10.1. The molecular weight excluding hydrogens is 376 g/mol. The Morgan fingerprint density at radius 1 is 0.815 bits per heavy atom. The van der Waals surface area contributed by atoms with Gasteiger partial charge in [0.1, 0.15) is 0 Å². The third kappa shape index (κ3) is 4.83. The summed E-state index contributed by atoms with van der Waals surface area (Å²) < 4.78 is 9.23. The van der Waals surface area contributed by atoms with Gasteiger partial charge in [0.2, 0.25) is 0 Å². The second-order valence-corrected chi connectivity index (χ2v) is 5.54. The Morgan fingerprint density at radius 3 is 2.00 bits per heavy atom. The first kappa shape index (κ1) is 19.9. The molecule has 0 heterocycles. The number of benzene rings is 2. The Labute approximate surface area is 159 Å². The zero-order chi connectivity index (χ0) is 20.0. The maximum Gasteiger partial charge on any atom is 0.339 e. The van der Waals surface area contributed by atoms with Crippen LogP contribution in [-0.4, -0.2) is 38.0 Å². The highest BCUT2D eigenvalue weighted by molar-refractivity contribution is 6.45. The number of hydrogen-bond acceptors (Lipinski definition) is 6. The van der Waals surface area contributed by atoms with Gasteiger partial charge in [-0.05, 0) is 30.3 Å². The minimum atomic E-state index is -1.07. The summed E-state index contributed by atoms with van der Waals surface area (Å²) in [5.74, 6) is -3.51. The second-order valence-electron chi connectivity index (χ2n) is 5.13. The van der Waals surface area contributed by atoms with E-state index in [2.05, 4.69) is 20.1 Å². The molecular formula is C18H15ClN2O6. The Bertz CT molecular complexity index is 912. The Kier molecular flexibility index (Phi) is 6.51. The summed E-state index contributed by atoms with van der Waals surface area (Å²) in [5.41, 5.74) is 0.205. The minimum Gasteiger partial charge on any atom is -0.465 e. The molecule has 0 atom stereocenters. The van der Waals surface area contributed by atoms with Crippen molar-refractivity contribution in [1.82, 2.24) is 0 Å². The number of methoxy groups -OCH3 is 2. The molecule has 0 saturated heterocycles. The third-order valence-electron chi connectivity index (χ3n) is 3.42. The Hall–Kier alpha value is -3.39. The molecule has 0 aliphatic rings. The number of nitrogens with one attached hydrogen (secondary N) is 2. The highest BCUT2D eigenvalue weighted by Gasteiger charge is 2.21. The maximum absolute atomic E-state index is 12.2. The standard InChI is InChI=1S/C18H15ClN2O6/c1-26-17(24)10-7-8-11(18(25)27-2)14(9-10)21-16(23)15(22)20-13-6-4-3-5-12(13)19/h3-9H,1-2H3,(H,20,22)(H,21,23). The average molecular weight is 391 g/mol. The lowest BCUT2D eigenvalue weighted by Crippen LogP contribution is -2.30. The van der Waals surface area contributed by atoms with Crippen molar-refractivity contribution in [2.45, 2.75) is 0 Å². The van der Waals surface area contributed by atoms with E-state index in [4.69, 9.17) is 11.6 Å². The van der Waals surface area contributed by atoms with Crippen LogP contribution in [0.2, 0.25) is 5.02 Å². The highest BCUT2D eigenvalue weighted by atomic mass is 35.5. The van der Waals surface area contributed by atoms with Crippen molar-refractivity contribution in [1.29, 1.82) is 0 Å². The number of halogens is 1. The lowest BCUT2D eigenvalue weighted by Gasteiger charge is -2.12. The summed E-state index contributed by atoms with van der Waals surface area (Å²) in [7, 11) is 2.35. The van der Waals surface area contributed by atoms with Gasteiger partial charge in [0.15, 0.2) is 0 Å². The Balaban J connectivity index is 2.26. The van der Waals surface area contributed by atoms with E-state index in [1.54, 1.807) is 18.2 Å². The molecule has 2 N–H and O–H groups in total. The van der Waals surface area contributed by atoms with E-state index >= 15 is 0 Å². The smallest absolute Gasteiger partial charge is 0.339 e. The van der Waals surface area contributed by atoms with Gasteiger partial charge in [-0.2, -0.15) is 0 Å². The molecule has 2 aromatic carbocycles. The number of esters is 2. The number of rotatable bonds is 4. The number of para-hydroxylation sites is 1. The predicted molar refractivity (Wildman–Crippen MR) is 97.8 cm³/mol. The van der Waals surface area contributed by atoms with E-state index in [1.807, 2.05) is 0 Å². The molecule has 0 spiro atoms. The van der Waals surface area contributed by atoms with Gasteiger partial charge < -0.3 is 20.1 Å². The zero-order valence-corrected chi connectivity index (χ0v) is 15.1. The molecule has 0 unspecified atom stereocenters. The molecule has 0 aromatic heterocycles. The normalized spacial score (nSPS) is 9.89. The van der Waals surface area contributed by atoms with Crippen LogP contribution in [0, 0.1) is 0 Å². The molecule has 8 nitrogen and oxygen atoms in total. The molecule has 27 heavy (non-hydrogen) atoms. The average Bonchev–Trinajstić information content (AvgIpc) is 2.68. The number of anilines is 2. The van der Waals surface area contributed by atoms with Crippen molar-refractivity contribution >= 4 is 46.7 Å². The second kappa shape index (κ2) is 8.81. The molecule has 0 aliphatic heterocycles. The van der Waals surface area contributed by atoms with Gasteiger partial charge in [0, 0.05) is 0 Å². The molecule has 0 bridgehead atoms. The van der Waals surface area contributed by atoms with Gasteiger partial charge in [-0.3, -0.25) is 9.59 Å². The summed E-state index contributed by atoms with van der Waals surface area (Å²) in [4.78, 5) is 47.8. The lowest BCUT2D eigenvalue weighted by molar-refractivity contribution is -0.133. The van der Waals surface area contributed by atoms with Crippen LogP contribution in [-0.2, 0) is 19.1 Å². The largest absolute Gasteiger partial charge is 0.465 e. The van der Waals surface area contributed by atoms with Gasteiger partial charge in [-0.15, -0.1) is 0 Å². The highest BCUT2D eigenvalue weighted by Crippen LogP contribution is 2.22. The predicted octanol–water partition coefficient (Wildman–Crippen LogP) is 2.49. The van der Waals surface area contributed by atoms with Gasteiger partial charge in [0.05, 0.1) is 41.7 Å². The zero-order valence-electron chi connectivity index (χ0n) is 14.4. The quantitative estimate of drug-likeness (QED) is 0.613. The van der Waals surface area contributed by atoms with E-state index in [1.165, 1.54) is 31.4 Å². The molecule has 2 rings (SSSR count). The van der Waals surface area contributed by atoms with Gasteiger partial charge in [-0.25, -0.2) is 9.59 Å². The fourth-order valence-electron chi connectivity index (χ4n) is 2.10. The van der Waals surface area contributed by atoms with Gasteiger partial charge in [-0.1, -0.05) is 23.7 Å². The number of hydrogen-bond donors (Lipinski definition) is 2. The van der Waals surface area contributed by atoms with Crippen LogP contribution >= 0.6 is 11.6 Å². The monoisotopic (exact) mass is 390 g/mol. The van der Waals surface area contributed by atoms with E-state index in [9.17, 15) is 19.2 Å². The summed E-state index contributed by atoms with van der Waals surface area (Å²) >= 11 is 5.93. The first-order chi connectivity index (χ1) is 12.9. The van der Waals surface area contributed by atoms with Gasteiger partial charge >= 0.3 is 23.8 Å². The van der Waals surface area contributed by atoms with Crippen LogP contribution in [0.1, 0.15) is 20.7 Å². The van der Waals surface area contributed by atoms with E-state index in [-0.39, 0.29) is 27.5 Å². The molecule has 140 valence electrons. The molecule has 2 amide bonds. The topological polar surface area (TPSA) is 111 Å². The SMILES string of the molecule is COC(=O)c1ccc(C(=O)OC)c(NC(=O)C(=O)Nc2ccccc2Cl)c1. The maximum atomic E-state index is 12.2. The molecule has 0 fully saturated rings. The number of carbonyl (C=O) groups is 4. The molecule has 0 saturated carbocycles. The van der Waals surface area contributed by atoms with Crippen molar-refractivity contribution in [2.75, 3.05) is 24.9 Å². The molecule has 2 aromatic rings. The van der Waals surface area contributed by atoms with Crippen LogP contribution in [0.15, 0.2) is 42.5 Å². The molecule has 0 radical (unpaired) electrons. The van der Waals surface area contributed by atoms with Crippen LogP contribution in [0.25, 0.3) is 0 Å². The van der Waals surface area contributed by atoms with Gasteiger partial charge in [0.25, 0.3) is 0 Å². The van der Waals surface area contributed by atoms with E-state index in [0.29, 0.717) is 0 Å². The van der Waals surface area contributed by atoms with Crippen molar-refractivity contribution in [3.63, 3.8) is 0 Å². The fraction of sp³-hybridized carbons (Fsp3) is 0.111. The summed E-state index contributed by atoms with van der Waals surface area (Å²) in [6.07, 6.45) is 0. The molecule has 0 aliphatic carbocycles. The van der Waals surface area contributed by atoms with Crippen molar-refractivity contribution in [3.05, 3.63) is 58.6 Å². The molecule has 9 heteroatoms. The third-order valence-corrected chi connectivity index (χ3v) is 3.75. The van der Waals surface area contributed by atoms with Crippen molar-refractivity contribution in [3.8, 4) is 0 Å². The van der Waals surface area contributed by atoms with Crippen molar-refractivity contribution < 1.29 is 28.7 Å². The van der Waals surface area contributed by atoms with E-state index < -0.39 is 23.8 Å².